The number of carbonyl (C=O) groups is 3. The molecule has 0 spiro atoms. The molecule has 0 radical (unpaired) electrons. The summed E-state index contributed by atoms with van der Waals surface area (Å²) in [4.78, 5) is 44.4. The molecule has 172 valence electrons. The molecule has 2 saturated heterocycles. The third-order valence-electron chi connectivity index (χ3n) is 5.79. The minimum absolute atomic E-state index is 0.0396. The van der Waals surface area contributed by atoms with Crippen LogP contribution < -0.4 is 24.6 Å². The number of aromatic nitrogens is 1. The highest BCUT2D eigenvalue weighted by molar-refractivity contribution is 5.97. The fourth-order valence-corrected chi connectivity index (χ4v) is 4.07. The number of hydrogen-bond acceptors (Lipinski definition) is 8. The molecule has 11 nitrogen and oxygen atoms in total. The van der Waals surface area contributed by atoms with Gasteiger partial charge >= 0.3 is 6.09 Å². The number of carbonyl (C=O) groups excluding carboxylic acids is 3. The number of morpholine rings is 1. The molecule has 1 aromatic heterocycles. The third-order valence-corrected chi connectivity index (χ3v) is 5.79. The highest BCUT2D eigenvalue weighted by Gasteiger charge is 2.46. The van der Waals surface area contributed by atoms with Gasteiger partial charge in [0.25, 0.3) is 11.8 Å². The molecule has 4 heterocycles. The third kappa shape index (κ3) is 3.91. The molecule has 11 heteroatoms. The maximum absolute atomic E-state index is 12.6. The maximum atomic E-state index is 12.6. The van der Waals surface area contributed by atoms with Gasteiger partial charge in [0.15, 0.2) is 0 Å². The summed E-state index contributed by atoms with van der Waals surface area (Å²) in [7, 11) is 1.52. The second-order valence-electron chi connectivity index (χ2n) is 7.71. The van der Waals surface area contributed by atoms with E-state index in [1.165, 1.54) is 18.2 Å². The minimum atomic E-state index is -0.589. The molecule has 2 fully saturated rings. The quantitative estimate of drug-likeness (QED) is 0.710. The lowest BCUT2D eigenvalue weighted by molar-refractivity contribution is -0.125. The Labute approximate surface area is 189 Å². The van der Waals surface area contributed by atoms with Crippen molar-refractivity contribution < 1.29 is 33.3 Å². The van der Waals surface area contributed by atoms with Gasteiger partial charge in [0.05, 0.1) is 32.1 Å². The van der Waals surface area contributed by atoms with Crippen LogP contribution in [0.15, 0.2) is 36.5 Å². The first kappa shape index (κ1) is 21.0. The fraction of sp³-hybridized carbons (Fsp3) is 0.364. The number of rotatable bonds is 5. The lowest BCUT2D eigenvalue weighted by atomic mass is 10.1. The molecule has 2 aromatic rings. The van der Waals surface area contributed by atoms with Gasteiger partial charge in [-0.2, -0.15) is 0 Å². The lowest BCUT2D eigenvalue weighted by Crippen LogP contribution is -2.48. The van der Waals surface area contributed by atoms with E-state index >= 15 is 0 Å². The molecule has 0 aliphatic carbocycles. The number of amides is 3. The molecule has 33 heavy (non-hydrogen) atoms. The van der Waals surface area contributed by atoms with E-state index in [9.17, 15) is 14.4 Å². The highest BCUT2D eigenvalue weighted by atomic mass is 16.6. The van der Waals surface area contributed by atoms with Crippen molar-refractivity contribution in [1.29, 1.82) is 0 Å². The first-order valence-corrected chi connectivity index (χ1v) is 10.5. The van der Waals surface area contributed by atoms with Gasteiger partial charge < -0.3 is 29.2 Å². The molecule has 1 aromatic carbocycles. The summed E-state index contributed by atoms with van der Waals surface area (Å²) in [5.74, 6) is 0.528. The summed E-state index contributed by atoms with van der Waals surface area (Å²) in [5.41, 5.74) is 1.47. The van der Waals surface area contributed by atoms with Gasteiger partial charge in [-0.1, -0.05) is 0 Å². The van der Waals surface area contributed by atoms with E-state index in [-0.39, 0.29) is 37.3 Å². The topological polar surface area (TPSA) is 120 Å². The smallest absolute Gasteiger partial charge is 0.415 e. The van der Waals surface area contributed by atoms with Crippen molar-refractivity contribution in [3.8, 4) is 11.5 Å². The van der Waals surface area contributed by atoms with E-state index in [1.54, 1.807) is 35.2 Å². The number of benzene rings is 1. The van der Waals surface area contributed by atoms with E-state index in [0.717, 1.165) is 0 Å². The summed E-state index contributed by atoms with van der Waals surface area (Å²) < 4.78 is 21.7. The van der Waals surface area contributed by atoms with Gasteiger partial charge in [0.2, 0.25) is 0 Å². The normalized spacial score (nSPS) is 21.6. The largest absolute Gasteiger partial charge is 0.495 e. The molecular weight excluding hydrogens is 432 g/mol. The highest BCUT2D eigenvalue weighted by Crippen LogP contribution is 2.41. The first-order valence-electron chi connectivity index (χ1n) is 10.5. The van der Waals surface area contributed by atoms with Crippen LogP contribution in [0.5, 0.6) is 11.5 Å². The molecular formula is C22H22N4O7. The standard InChI is InChI=1S/C22H22N4O7/c1-30-14-3-4-15(23-9-14)21(28)24-10-19-17-11-32-18-8-13(25-6-7-31-12-20(25)27)2-5-16(18)26(17)22(29)33-19/h2-5,8-9,17,19H,6-7,10-12H2,1H3,(H,24,28)/t17-,19-/m0/s1. The predicted octanol–water partition coefficient (Wildman–Crippen LogP) is 0.970. The molecule has 0 unspecified atom stereocenters. The molecule has 1 N–H and O–H groups in total. The van der Waals surface area contributed by atoms with Gasteiger partial charge in [-0.25, -0.2) is 9.78 Å². The van der Waals surface area contributed by atoms with Crippen LogP contribution in [0.4, 0.5) is 16.2 Å². The van der Waals surface area contributed by atoms with Crippen molar-refractivity contribution >= 4 is 29.3 Å². The number of pyridine rings is 1. The molecule has 3 amide bonds. The molecule has 0 bridgehead atoms. The molecule has 5 rings (SSSR count). The van der Waals surface area contributed by atoms with Crippen LogP contribution in [0, 0.1) is 0 Å². The van der Waals surface area contributed by atoms with Crippen molar-refractivity contribution in [3.05, 3.63) is 42.2 Å². The average Bonchev–Trinajstić information content (AvgIpc) is 3.18. The summed E-state index contributed by atoms with van der Waals surface area (Å²) in [6.45, 7) is 1.26. The SMILES string of the molecule is COc1ccc(C(=O)NC[C@@H]2OC(=O)N3c4ccc(N5CCOCC5=O)cc4OC[C@@H]23)nc1. The Bertz CT molecular complexity index is 1090. The number of cyclic esters (lactones) is 1. The number of nitrogens with one attached hydrogen (secondary N) is 1. The van der Waals surface area contributed by atoms with Gasteiger partial charge in [0.1, 0.15) is 42.6 Å². The van der Waals surface area contributed by atoms with Crippen LogP contribution in [-0.2, 0) is 14.3 Å². The van der Waals surface area contributed by atoms with Crippen molar-refractivity contribution in [2.75, 3.05) is 49.8 Å². The number of ether oxygens (including phenoxy) is 4. The Hall–Kier alpha value is -3.86. The van der Waals surface area contributed by atoms with Crippen LogP contribution in [0.25, 0.3) is 0 Å². The van der Waals surface area contributed by atoms with E-state index in [4.69, 9.17) is 18.9 Å². The number of hydrogen-bond donors (Lipinski definition) is 1. The molecule has 3 aliphatic rings. The molecule has 3 aliphatic heterocycles. The molecule has 0 saturated carbocycles. The van der Waals surface area contributed by atoms with Crippen LogP contribution in [0.2, 0.25) is 0 Å². The fourth-order valence-electron chi connectivity index (χ4n) is 4.07. The van der Waals surface area contributed by atoms with Crippen molar-refractivity contribution in [1.82, 2.24) is 10.3 Å². The van der Waals surface area contributed by atoms with E-state index in [2.05, 4.69) is 10.3 Å². The van der Waals surface area contributed by atoms with Gasteiger partial charge in [-0.15, -0.1) is 0 Å². The summed E-state index contributed by atoms with van der Waals surface area (Å²) in [6.07, 6.45) is 0.353. The number of methoxy groups -OCH3 is 1. The van der Waals surface area contributed by atoms with E-state index < -0.39 is 18.2 Å². The van der Waals surface area contributed by atoms with Crippen molar-refractivity contribution in [3.63, 3.8) is 0 Å². The summed E-state index contributed by atoms with van der Waals surface area (Å²) in [5, 5.41) is 2.76. The summed E-state index contributed by atoms with van der Waals surface area (Å²) in [6, 6.07) is 8.05. The zero-order valence-corrected chi connectivity index (χ0v) is 17.9. The van der Waals surface area contributed by atoms with E-state index in [0.29, 0.717) is 36.0 Å². The number of nitrogens with zero attached hydrogens (tertiary/aromatic N) is 3. The zero-order valence-electron chi connectivity index (χ0n) is 17.9. The number of fused-ring (bicyclic) bond motifs is 3. The zero-order chi connectivity index (χ0) is 22.9. The van der Waals surface area contributed by atoms with E-state index in [1.807, 2.05) is 0 Å². The predicted molar refractivity (Wildman–Crippen MR) is 115 cm³/mol. The Morgan fingerprint density at radius 1 is 1.27 bits per heavy atom. The molecule has 2 atom stereocenters. The monoisotopic (exact) mass is 454 g/mol. The Balaban J connectivity index is 1.27. The first-order chi connectivity index (χ1) is 16.0. The minimum Gasteiger partial charge on any atom is -0.495 e. The Kier molecular flexibility index (Phi) is 5.47. The van der Waals surface area contributed by atoms with Crippen molar-refractivity contribution in [2.24, 2.45) is 0 Å². The van der Waals surface area contributed by atoms with Crippen LogP contribution >= 0.6 is 0 Å². The van der Waals surface area contributed by atoms with Crippen LogP contribution in [0.1, 0.15) is 10.5 Å². The van der Waals surface area contributed by atoms with Crippen LogP contribution in [0.3, 0.4) is 0 Å². The van der Waals surface area contributed by atoms with Gasteiger partial charge in [-0.3, -0.25) is 14.5 Å². The van der Waals surface area contributed by atoms with Crippen LogP contribution in [-0.4, -0.2) is 75.1 Å². The van der Waals surface area contributed by atoms with Crippen molar-refractivity contribution in [2.45, 2.75) is 12.1 Å². The summed E-state index contributed by atoms with van der Waals surface area (Å²) >= 11 is 0. The lowest BCUT2D eigenvalue weighted by Gasteiger charge is -2.33. The van der Waals surface area contributed by atoms with Gasteiger partial charge in [0, 0.05) is 18.3 Å². The Morgan fingerprint density at radius 3 is 2.91 bits per heavy atom. The second kappa shape index (κ2) is 8.58. The van der Waals surface area contributed by atoms with Gasteiger partial charge in [-0.05, 0) is 24.3 Å². The Morgan fingerprint density at radius 2 is 2.15 bits per heavy atom. The number of anilines is 2. The second-order valence-corrected chi connectivity index (χ2v) is 7.71. The maximum Gasteiger partial charge on any atom is 0.415 e. The average molecular weight is 454 g/mol.